The van der Waals surface area contributed by atoms with E-state index in [-0.39, 0.29) is 17.0 Å². The van der Waals surface area contributed by atoms with Crippen LogP contribution in [0.2, 0.25) is 0 Å². The molecule has 2 aromatic rings. The molecule has 0 fully saturated rings. The molecule has 2 rings (SSSR count). The summed E-state index contributed by atoms with van der Waals surface area (Å²) in [4.78, 5) is 23.5. The molecule has 20 heavy (non-hydrogen) atoms. The number of aryl methyl sites for hydroxylation is 1. The van der Waals surface area contributed by atoms with Crippen molar-refractivity contribution in [1.29, 1.82) is 0 Å². The third kappa shape index (κ3) is 2.39. The van der Waals surface area contributed by atoms with E-state index >= 15 is 0 Å². The third-order valence-electron chi connectivity index (χ3n) is 3.57. The number of aromatic carboxylic acids is 1. The van der Waals surface area contributed by atoms with Crippen LogP contribution in [0.5, 0.6) is 0 Å². The van der Waals surface area contributed by atoms with Crippen molar-refractivity contribution in [3.05, 3.63) is 51.4 Å². The van der Waals surface area contributed by atoms with E-state index in [1.165, 1.54) is 16.8 Å². The largest absolute Gasteiger partial charge is 0.478 e. The van der Waals surface area contributed by atoms with Crippen molar-refractivity contribution in [1.82, 2.24) is 9.78 Å². The lowest BCUT2D eigenvalue weighted by Gasteiger charge is -2.04. The highest BCUT2D eigenvalue weighted by molar-refractivity contribution is 5.88. The number of nitrogens with zero attached hydrogens (tertiary/aromatic N) is 1. The first-order valence-corrected chi connectivity index (χ1v) is 6.61. The number of nitrogens with one attached hydrogen (secondary N) is 1. The molecule has 5 nitrogen and oxygen atoms in total. The molecule has 0 aliphatic carbocycles. The van der Waals surface area contributed by atoms with Crippen LogP contribution in [0, 0.1) is 6.92 Å². The van der Waals surface area contributed by atoms with Gasteiger partial charge in [-0.2, -0.15) is 0 Å². The predicted octanol–water partition coefficient (Wildman–Crippen LogP) is 2.69. The average Bonchev–Trinajstić information content (AvgIpc) is 2.73. The molecule has 5 heteroatoms. The van der Waals surface area contributed by atoms with Gasteiger partial charge >= 0.3 is 5.97 Å². The van der Waals surface area contributed by atoms with Gasteiger partial charge in [-0.15, -0.1) is 0 Å². The number of benzene rings is 1. The number of carbonyl (C=O) groups is 1. The number of hydrogen-bond donors (Lipinski definition) is 2. The maximum absolute atomic E-state index is 12.5. The summed E-state index contributed by atoms with van der Waals surface area (Å²) in [6.45, 7) is 5.90. The minimum Gasteiger partial charge on any atom is -0.478 e. The molecule has 106 valence electrons. The fourth-order valence-corrected chi connectivity index (χ4v) is 2.30. The second kappa shape index (κ2) is 5.36. The van der Waals surface area contributed by atoms with Crippen molar-refractivity contribution in [2.45, 2.75) is 33.1 Å². The second-order valence-electron chi connectivity index (χ2n) is 4.96. The first-order chi connectivity index (χ1) is 9.45. The number of rotatable bonds is 4. The summed E-state index contributed by atoms with van der Waals surface area (Å²) in [5, 5.41) is 12.0. The highest BCUT2D eigenvalue weighted by atomic mass is 16.4. The number of H-pyrrole nitrogens is 1. The Bertz CT molecular complexity index is 697. The summed E-state index contributed by atoms with van der Waals surface area (Å²) in [6.07, 6.45) is 0.878. The van der Waals surface area contributed by atoms with E-state index in [4.69, 9.17) is 5.11 Å². The smallest absolute Gasteiger partial charge is 0.335 e. The van der Waals surface area contributed by atoms with Gasteiger partial charge in [0.05, 0.1) is 11.3 Å². The van der Waals surface area contributed by atoms with Crippen molar-refractivity contribution in [2.24, 2.45) is 0 Å². The van der Waals surface area contributed by atoms with Crippen molar-refractivity contribution in [2.75, 3.05) is 0 Å². The fraction of sp³-hybridized carbons (Fsp3) is 0.333. The number of carboxylic acid groups (broad SMARTS) is 1. The quantitative estimate of drug-likeness (QED) is 0.900. The number of carboxylic acids is 1. The Morgan fingerprint density at radius 3 is 2.75 bits per heavy atom. The van der Waals surface area contributed by atoms with E-state index in [9.17, 15) is 9.59 Å². The zero-order valence-corrected chi connectivity index (χ0v) is 11.8. The topological polar surface area (TPSA) is 75.1 Å². The van der Waals surface area contributed by atoms with E-state index in [1.54, 1.807) is 12.1 Å². The molecule has 1 unspecified atom stereocenters. The summed E-state index contributed by atoms with van der Waals surface area (Å²) >= 11 is 0. The van der Waals surface area contributed by atoms with Crippen LogP contribution in [-0.4, -0.2) is 20.9 Å². The van der Waals surface area contributed by atoms with Gasteiger partial charge in [-0.1, -0.05) is 19.9 Å². The van der Waals surface area contributed by atoms with Crippen LogP contribution in [0.3, 0.4) is 0 Å². The third-order valence-corrected chi connectivity index (χ3v) is 3.57. The van der Waals surface area contributed by atoms with Gasteiger partial charge in [0, 0.05) is 11.3 Å². The zero-order valence-electron chi connectivity index (χ0n) is 11.8. The van der Waals surface area contributed by atoms with Gasteiger partial charge in [0.2, 0.25) is 0 Å². The molecule has 0 aliphatic rings. The molecular formula is C15H18N2O3. The molecule has 0 amide bonds. The lowest BCUT2D eigenvalue weighted by Crippen LogP contribution is -2.19. The predicted molar refractivity (Wildman–Crippen MR) is 76.8 cm³/mol. The first kappa shape index (κ1) is 14.1. The molecule has 0 bridgehead atoms. The first-order valence-electron chi connectivity index (χ1n) is 6.61. The maximum Gasteiger partial charge on any atom is 0.335 e. The number of hydrogen-bond acceptors (Lipinski definition) is 2. The van der Waals surface area contributed by atoms with Crippen molar-refractivity contribution in [3.63, 3.8) is 0 Å². The second-order valence-corrected chi connectivity index (χ2v) is 4.96. The van der Waals surface area contributed by atoms with Gasteiger partial charge in [0.15, 0.2) is 0 Å². The normalized spacial score (nSPS) is 12.3. The number of aromatic amines is 1. The molecule has 0 aliphatic heterocycles. The Morgan fingerprint density at radius 2 is 2.15 bits per heavy atom. The molecule has 1 aromatic heterocycles. The highest BCUT2D eigenvalue weighted by Gasteiger charge is 2.17. The van der Waals surface area contributed by atoms with E-state index in [2.05, 4.69) is 5.10 Å². The van der Waals surface area contributed by atoms with Gasteiger partial charge in [-0.3, -0.25) is 9.89 Å². The summed E-state index contributed by atoms with van der Waals surface area (Å²) in [7, 11) is 0. The Hall–Kier alpha value is -2.30. The molecule has 0 radical (unpaired) electrons. The average molecular weight is 274 g/mol. The van der Waals surface area contributed by atoms with Gasteiger partial charge in [0.25, 0.3) is 5.56 Å². The van der Waals surface area contributed by atoms with Crippen molar-refractivity contribution in [3.8, 4) is 5.69 Å². The van der Waals surface area contributed by atoms with Gasteiger partial charge in [-0.25, -0.2) is 9.48 Å². The lowest BCUT2D eigenvalue weighted by molar-refractivity contribution is 0.0697. The summed E-state index contributed by atoms with van der Waals surface area (Å²) in [5.41, 5.74) is 2.16. The van der Waals surface area contributed by atoms with Crippen LogP contribution in [0.25, 0.3) is 5.69 Å². The molecule has 0 saturated carbocycles. The van der Waals surface area contributed by atoms with Gasteiger partial charge in [-0.05, 0) is 37.5 Å². The van der Waals surface area contributed by atoms with Crippen molar-refractivity contribution < 1.29 is 9.90 Å². The monoisotopic (exact) mass is 274 g/mol. The van der Waals surface area contributed by atoms with E-state index in [0.29, 0.717) is 5.69 Å². The van der Waals surface area contributed by atoms with E-state index in [0.717, 1.165) is 17.7 Å². The molecule has 0 spiro atoms. The minimum atomic E-state index is -1.01. The molecule has 1 heterocycles. The Balaban J connectivity index is 2.57. The van der Waals surface area contributed by atoms with Crippen molar-refractivity contribution >= 4 is 5.97 Å². The van der Waals surface area contributed by atoms with Crippen LogP contribution in [0.15, 0.2) is 29.1 Å². The standard InChI is InChI=1S/C15H18N2O3/c1-4-9(2)13-10(3)16-17(14(13)18)12-7-5-6-11(8-12)15(19)20/h5-9,16H,4H2,1-3H3,(H,19,20). The van der Waals surface area contributed by atoms with Crippen LogP contribution in [-0.2, 0) is 0 Å². The van der Waals surface area contributed by atoms with E-state index < -0.39 is 5.97 Å². The summed E-state index contributed by atoms with van der Waals surface area (Å²) in [5.74, 6) is -0.840. The molecule has 1 aromatic carbocycles. The highest BCUT2D eigenvalue weighted by Crippen LogP contribution is 2.19. The Kier molecular flexibility index (Phi) is 3.79. The van der Waals surface area contributed by atoms with Gasteiger partial charge in [0.1, 0.15) is 0 Å². The molecule has 0 saturated heterocycles. The molecule has 1 atom stereocenters. The molecular weight excluding hydrogens is 256 g/mol. The van der Waals surface area contributed by atoms with Crippen LogP contribution >= 0.6 is 0 Å². The summed E-state index contributed by atoms with van der Waals surface area (Å²) < 4.78 is 1.41. The summed E-state index contributed by atoms with van der Waals surface area (Å²) in [6, 6.07) is 6.33. The maximum atomic E-state index is 12.5. The Morgan fingerprint density at radius 1 is 1.45 bits per heavy atom. The van der Waals surface area contributed by atoms with E-state index in [1.807, 2.05) is 20.8 Å². The molecule has 2 N–H and O–H groups in total. The fourth-order valence-electron chi connectivity index (χ4n) is 2.30. The van der Waals surface area contributed by atoms with Crippen LogP contribution in [0.4, 0.5) is 0 Å². The Labute approximate surface area is 116 Å². The van der Waals surface area contributed by atoms with Crippen LogP contribution < -0.4 is 5.56 Å². The zero-order chi connectivity index (χ0) is 14.9. The minimum absolute atomic E-state index is 0.112. The lowest BCUT2D eigenvalue weighted by atomic mass is 9.99. The number of aromatic nitrogens is 2. The van der Waals surface area contributed by atoms with Gasteiger partial charge < -0.3 is 5.11 Å². The van der Waals surface area contributed by atoms with Crippen LogP contribution in [0.1, 0.15) is 47.8 Å². The SMILES string of the molecule is CCC(C)c1c(C)[nH]n(-c2cccc(C(=O)O)c2)c1=O.